The zero-order valence-electron chi connectivity index (χ0n) is 15.4. The highest BCUT2D eigenvalue weighted by Gasteiger charge is 2.32. The van der Waals surface area contributed by atoms with E-state index >= 15 is 0 Å². The van der Waals surface area contributed by atoms with Gasteiger partial charge in [0.25, 0.3) is 0 Å². The Balaban J connectivity index is 0.00000280. The first-order chi connectivity index (χ1) is 12.9. The molecule has 4 nitrogen and oxygen atoms in total. The van der Waals surface area contributed by atoms with Crippen molar-refractivity contribution in [1.29, 1.82) is 0 Å². The molecule has 1 heterocycles. The molecular weight excluding hydrogens is 395 g/mol. The SMILES string of the molecule is COc1cccc(-c2ccc(OC(F)(F)F)c(OCC3CCNCC3)c2)c1.Cl. The first kappa shape index (κ1) is 22.2. The maximum Gasteiger partial charge on any atom is 0.573 e. The molecule has 1 saturated heterocycles. The number of alkyl halides is 3. The standard InChI is InChI=1S/C20H22F3NO3.ClH/c1-25-17-4-2-3-15(11-17)16-5-6-18(27-20(21,22)23)19(12-16)26-13-14-7-9-24-10-8-14;/h2-6,11-12,14,24H,7-10,13H2,1H3;1H. The van der Waals surface area contributed by atoms with Crippen molar-refractivity contribution in [3.63, 3.8) is 0 Å². The molecule has 0 aliphatic carbocycles. The fraction of sp³-hybridized carbons (Fsp3) is 0.400. The lowest BCUT2D eigenvalue weighted by molar-refractivity contribution is -0.275. The van der Waals surface area contributed by atoms with Crippen LogP contribution in [0.2, 0.25) is 0 Å². The number of benzene rings is 2. The minimum Gasteiger partial charge on any atom is -0.497 e. The van der Waals surface area contributed by atoms with Gasteiger partial charge >= 0.3 is 6.36 Å². The highest BCUT2D eigenvalue weighted by molar-refractivity contribution is 5.85. The predicted octanol–water partition coefficient (Wildman–Crippen LogP) is 5.06. The molecule has 0 amide bonds. The van der Waals surface area contributed by atoms with E-state index in [0.717, 1.165) is 37.1 Å². The third-order valence-electron chi connectivity index (χ3n) is 4.51. The Morgan fingerprint density at radius 2 is 1.71 bits per heavy atom. The second-order valence-corrected chi connectivity index (χ2v) is 6.45. The second kappa shape index (κ2) is 9.89. The van der Waals surface area contributed by atoms with Gasteiger partial charge in [-0.05, 0) is 67.2 Å². The summed E-state index contributed by atoms with van der Waals surface area (Å²) in [7, 11) is 1.56. The molecule has 2 aromatic carbocycles. The predicted molar refractivity (Wildman–Crippen MR) is 103 cm³/mol. The molecule has 1 fully saturated rings. The Morgan fingerprint density at radius 3 is 2.39 bits per heavy atom. The quantitative estimate of drug-likeness (QED) is 0.713. The average Bonchev–Trinajstić information content (AvgIpc) is 2.67. The van der Waals surface area contributed by atoms with Gasteiger partial charge in [0, 0.05) is 0 Å². The third kappa shape index (κ3) is 6.21. The maximum absolute atomic E-state index is 12.7. The van der Waals surface area contributed by atoms with Crippen molar-refractivity contribution in [2.75, 3.05) is 26.8 Å². The molecule has 0 saturated carbocycles. The highest BCUT2D eigenvalue weighted by Crippen LogP contribution is 2.37. The summed E-state index contributed by atoms with van der Waals surface area (Å²) in [6.45, 7) is 2.14. The molecule has 0 spiro atoms. The number of hydrogen-bond donors (Lipinski definition) is 1. The molecular formula is C20H23ClF3NO3. The molecule has 1 N–H and O–H groups in total. The normalized spacial score (nSPS) is 14.9. The summed E-state index contributed by atoms with van der Waals surface area (Å²) in [5.41, 5.74) is 1.54. The summed E-state index contributed by atoms with van der Waals surface area (Å²) in [4.78, 5) is 0. The van der Waals surface area contributed by atoms with E-state index in [4.69, 9.17) is 9.47 Å². The van der Waals surface area contributed by atoms with Crippen molar-refractivity contribution in [3.05, 3.63) is 42.5 Å². The van der Waals surface area contributed by atoms with Crippen LogP contribution in [0.5, 0.6) is 17.2 Å². The summed E-state index contributed by atoms with van der Waals surface area (Å²) < 4.78 is 53.3. The first-order valence-electron chi connectivity index (χ1n) is 8.82. The first-order valence-corrected chi connectivity index (χ1v) is 8.82. The van der Waals surface area contributed by atoms with E-state index in [1.165, 1.54) is 6.07 Å². The van der Waals surface area contributed by atoms with Crippen LogP contribution in [0.1, 0.15) is 12.8 Å². The lowest BCUT2D eigenvalue weighted by Gasteiger charge is -2.23. The fourth-order valence-electron chi connectivity index (χ4n) is 3.07. The topological polar surface area (TPSA) is 39.7 Å². The number of halogens is 4. The number of hydrogen-bond acceptors (Lipinski definition) is 4. The third-order valence-corrected chi connectivity index (χ3v) is 4.51. The Hall–Kier alpha value is -2.12. The van der Waals surface area contributed by atoms with Crippen LogP contribution in [0, 0.1) is 5.92 Å². The van der Waals surface area contributed by atoms with E-state index in [-0.39, 0.29) is 23.9 Å². The summed E-state index contributed by atoms with van der Waals surface area (Å²) >= 11 is 0. The van der Waals surface area contributed by atoms with Crippen molar-refractivity contribution < 1.29 is 27.4 Å². The average molecular weight is 418 g/mol. The van der Waals surface area contributed by atoms with Crippen LogP contribution < -0.4 is 19.5 Å². The van der Waals surface area contributed by atoms with E-state index < -0.39 is 6.36 Å². The van der Waals surface area contributed by atoms with Crippen molar-refractivity contribution in [3.8, 4) is 28.4 Å². The van der Waals surface area contributed by atoms with E-state index in [0.29, 0.717) is 18.3 Å². The minimum absolute atomic E-state index is 0. The van der Waals surface area contributed by atoms with Gasteiger partial charge in [-0.3, -0.25) is 0 Å². The van der Waals surface area contributed by atoms with Gasteiger partial charge in [0.2, 0.25) is 0 Å². The van der Waals surface area contributed by atoms with Gasteiger partial charge in [-0.2, -0.15) is 0 Å². The van der Waals surface area contributed by atoms with Crippen molar-refractivity contribution in [2.45, 2.75) is 19.2 Å². The molecule has 0 aromatic heterocycles. The van der Waals surface area contributed by atoms with E-state index in [2.05, 4.69) is 10.1 Å². The Bertz CT molecular complexity index is 765. The molecule has 2 aromatic rings. The number of ether oxygens (including phenoxy) is 3. The Labute approximate surface area is 168 Å². The molecule has 28 heavy (non-hydrogen) atoms. The summed E-state index contributed by atoms with van der Waals surface area (Å²) in [5, 5.41) is 3.26. The van der Waals surface area contributed by atoms with Crippen LogP contribution in [0.3, 0.4) is 0 Å². The maximum atomic E-state index is 12.7. The van der Waals surface area contributed by atoms with Gasteiger partial charge in [-0.15, -0.1) is 25.6 Å². The zero-order chi connectivity index (χ0) is 19.3. The van der Waals surface area contributed by atoms with Crippen LogP contribution in [-0.4, -0.2) is 33.2 Å². The van der Waals surface area contributed by atoms with E-state index in [9.17, 15) is 13.2 Å². The van der Waals surface area contributed by atoms with Gasteiger partial charge in [0.05, 0.1) is 13.7 Å². The van der Waals surface area contributed by atoms with Crippen molar-refractivity contribution in [2.24, 2.45) is 5.92 Å². The summed E-state index contributed by atoms with van der Waals surface area (Å²) in [6, 6.07) is 11.8. The number of piperidine rings is 1. The molecule has 8 heteroatoms. The second-order valence-electron chi connectivity index (χ2n) is 6.45. The van der Waals surface area contributed by atoms with Crippen LogP contribution in [0.15, 0.2) is 42.5 Å². The largest absolute Gasteiger partial charge is 0.573 e. The molecule has 1 aliphatic heterocycles. The van der Waals surface area contributed by atoms with Crippen LogP contribution in [0.25, 0.3) is 11.1 Å². The van der Waals surface area contributed by atoms with E-state index in [1.807, 2.05) is 18.2 Å². The number of methoxy groups -OCH3 is 1. The monoisotopic (exact) mass is 417 g/mol. The van der Waals surface area contributed by atoms with E-state index in [1.54, 1.807) is 25.3 Å². The molecule has 154 valence electrons. The molecule has 0 bridgehead atoms. The Morgan fingerprint density at radius 1 is 1.00 bits per heavy atom. The number of rotatable bonds is 6. The van der Waals surface area contributed by atoms with Gasteiger partial charge in [-0.1, -0.05) is 18.2 Å². The molecule has 1 aliphatic rings. The fourth-order valence-corrected chi connectivity index (χ4v) is 3.07. The van der Waals surface area contributed by atoms with Crippen molar-refractivity contribution >= 4 is 12.4 Å². The van der Waals surface area contributed by atoms with Gasteiger partial charge in [0.1, 0.15) is 5.75 Å². The molecule has 0 radical (unpaired) electrons. The Kier molecular flexibility index (Phi) is 7.83. The molecule has 3 rings (SSSR count). The summed E-state index contributed by atoms with van der Waals surface area (Å²) in [5.74, 6) is 0.736. The smallest absolute Gasteiger partial charge is 0.497 e. The number of nitrogens with one attached hydrogen (secondary N) is 1. The molecule has 0 unspecified atom stereocenters. The van der Waals surface area contributed by atoms with Gasteiger partial charge in [0.15, 0.2) is 11.5 Å². The van der Waals surface area contributed by atoms with Crippen LogP contribution in [0.4, 0.5) is 13.2 Å². The highest BCUT2D eigenvalue weighted by atomic mass is 35.5. The summed E-state index contributed by atoms with van der Waals surface area (Å²) in [6.07, 6.45) is -2.90. The van der Waals surface area contributed by atoms with Crippen molar-refractivity contribution in [1.82, 2.24) is 5.32 Å². The lowest BCUT2D eigenvalue weighted by Crippen LogP contribution is -2.30. The molecule has 0 atom stereocenters. The van der Waals surface area contributed by atoms with Crippen LogP contribution in [-0.2, 0) is 0 Å². The minimum atomic E-state index is -4.77. The lowest BCUT2D eigenvalue weighted by atomic mass is 9.99. The van der Waals surface area contributed by atoms with Gasteiger partial charge < -0.3 is 19.5 Å². The van der Waals surface area contributed by atoms with Crippen LogP contribution >= 0.6 is 12.4 Å². The van der Waals surface area contributed by atoms with Gasteiger partial charge in [-0.25, -0.2) is 0 Å². The zero-order valence-corrected chi connectivity index (χ0v) is 16.2.